The standard InChI is InChI=1S/C11H11FN3S2/c1-7-13-9-10(16-7)8(17-11(9)12)5-15-4-3-14(2)6-15/h3-4,6H,5H2,1-2H3/q+1. The van der Waals surface area contributed by atoms with E-state index in [1.807, 2.05) is 41.8 Å². The molecule has 6 heteroatoms. The van der Waals surface area contributed by atoms with E-state index >= 15 is 0 Å². The lowest BCUT2D eigenvalue weighted by atomic mass is 10.4. The summed E-state index contributed by atoms with van der Waals surface area (Å²) in [5.41, 5.74) is 0.532. The van der Waals surface area contributed by atoms with E-state index in [4.69, 9.17) is 0 Å². The number of fused-ring (bicyclic) bond motifs is 1. The third-order valence-corrected chi connectivity index (χ3v) is 4.65. The van der Waals surface area contributed by atoms with Crippen molar-refractivity contribution in [3.05, 3.63) is 33.7 Å². The van der Waals surface area contributed by atoms with Crippen LogP contribution in [0.15, 0.2) is 18.7 Å². The van der Waals surface area contributed by atoms with Crippen molar-refractivity contribution in [1.29, 1.82) is 0 Å². The highest BCUT2D eigenvalue weighted by Crippen LogP contribution is 2.34. The minimum Gasteiger partial charge on any atom is -0.240 e. The second kappa shape index (κ2) is 3.89. The monoisotopic (exact) mass is 268 g/mol. The van der Waals surface area contributed by atoms with Crippen molar-refractivity contribution in [2.45, 2.75) is 13.5 Å². The summed E-state index contributed by atoms with van der Waals surface area (Å²) >= 11 is 2.76. The van der Waals surface area contributed by atoms with Crippen LogP contribution in [0.4, 0.5) is 4.39 Å². The molecule has 17 heavy (non-hydrogen) atoms. The zero-order chi connectivity index (χ0) is 12.0. The van der Waals surface area contributed by atoms with Gasteiger partial charge in [-0.3, -0.25) is 0 Å². The normalized spacial score (nSPS) is 11.5. The Morgan fingerprint density at radius 2 is 2.29 bits per heavy atom. The van der Waals surface area contributed by atoms with E-state index < -0.39 is 0 Å². The third kappa shape index (κ3) is 1.87. The molecule has 0 radical (unpaired) electrons. The summed E-state index contributed by atoms with van der Waals surface area (Å²) in [7, 11) is 1.97. The van der Waals surface area contributed by atoms with Gasteiger partial charge >= 0.3 is 0 Å². The summed E-state index contributed by atoms with van der Waals surface area (Å²) in [6, 6.07) is 0. The number of thiophene rings is 1. The van der Waals surface area contributed by atoms with Gasteiger partial charge in [0.05, 0.1) is 21.6 Å². The average molecular weight is 268 g/mol. The number of hydrogen-bond acceptors (Lipinski definition) is 3. The van der Waals surface area contributed by atoms with Crippen molar-refractivity contribution in [2.75, 3.05) is 0 Å². The van der Waals surface area contributed by atoms with Crippen molar-refractivity contribution in [3.8, 4) is 0 Å². The maximum Gasteiger partial charge on any atom is 0.243 e. The van der Waals surface area contributed by atoms with E-state index in [1.54, 1.807) is 11.3 Å². The highest BCUT2D eigenvalue weighted by atomic mass is 32.1. The van der Waals surface area contributed by atoms with Gasteiger partial charge in [0.1, 0.15) is 24.5 Å². The summed E-state index contributed by atoms with van der Waals surface area (Å²) < 4.78 is 18.7. The molecule has 0 N–H and O–H groups in total. The lowest BCUT2D eigenvalue weighted by Gasteiger charge is -1.92. The molecule has 0 saturated heterocycles. The molecule has 3 aromatic rings. The Labute approximate surface area is 106 Å². The lowest BCUT2D eigenvalue weighted by molar-refractivity contribution is -0.671. The molecule has 88 valence electrons. The van der Waals surface area contributed by atoms with Crippen LogP contribution in [0.5, 0.6) is 0 Å². The van der Waals surface area contributed by atoms with E-state index in [-0.39, 0.29) is 5.13 Å². The van der Waals surface area contributed by atoms with Gasteiger partial charge in [-0.25, -0.2) is 14.1 Å². The zero-order valence-electron chi connectivity index (χ0n) is 9.48. The first kappa shape index (κ1) is 10.9. The van der Waals surface area contributed by atoms with E-state index in [0.717, 1.165) is 14.6 Å². The Bertz CT molecular complexity index is 680. The van der Waals surface area contributed by atoms with Gasteiger partial charge in [0, 0.05) is 0 Å². The van der Waals surface area contributed by atoms with Gasteiger partial charge in [0.25, 0.3) is 0 Å². The molecule has 3 aromatic heterocycles. The van der Waals surface area contributed by atoms with Crippen LogP contribution in [-0.2, 0) is 13.6 Å². The zero-order valence-corrected chi connectivity index (χ0v) is 11.1. The third-order valence-electron chi connectivity index (χ3n) is 2.54. The molecule has 0 unspecified atom stereocenters. The van der Waals surface area contributed by atoms with Crippen LogP contribution in [0.1, 0.15) is 9.88 Å². The quantitative estimate of drug-likeness (QED) is 0.654. The van der Waals surface area contributed by atoms with Crippen LogP contribution in [0.2, 0.25) is 0 Å². The van der Waals surface area contributed by atoms with Crippen molar-refractivity contribution in [3.63, 3.8) is 0 Å². The molecular formula is C11H11FN3S2+. The molecule has 0 bridgehead atoms. The predicted octanol–water partition coefficient (Wildman–Crippen LogP) is 2.48. The summed E-state index contributed by atoms with van der Waals surface area (Å²) in [6.45, 7) is 2.61. The number of nitrogens with zero attached hydrogens (tertiary/aromatic N) is 3. The first-order valence-electron chi connectivity index (χ1n) is 5.19. The molecule has 0 spiro atoms. The molecule has 0 saturated carbocycles. The Morgan fingerprint density at radius 3 is 3.00 bits per heavy atom. The van der Waals surface area contributed by atoms with Crippen LogP contribution >= 0.6 is 22.7 Å². The molecule has 3 rings (SSSR count). The van der Waals surface area contributed by atoms with Crippen molar-refractivity contribution >= 4 is 32.9 Å². The largest absolute Gasteiger partial charge is 0.243 e. The Morgan fingerprint density at radius 1 is 1.47 bits per heavy atom. The van der Waals surface area contributed by atoms with Gasteiger partial charge in [0.15, 0.2) is 0 Å². The number of halogens is 1. The molecule has 3 heterocycles. The smallest absolute Gasteiger partial charge is 0.240 e. The molecular weight excluding hydrogens is 257 g/mol. The number of aryl methyl sites for hydroxylation is 2. The number of imidazole rings is 1. The molecule has 0 aliphatic heterocycles. The topological polar surface area (TPSA) is 21.7 Å². The minimum atomic E-state index is -0.170. The van der Waals surface area contributed by atoms with E-state index in [2.05, 4.69) is 4.98 Å². The molecule has 0 fully saturated rings. The molecule has 0 aromatic carbocycles. The Balaban J connectivity index is 2.05. The van der Waals surface area contributed by atoms with E-state index in [0.29, 0.717) is 12.1 Å². The average Bonchev–Trinajstić information content (AvgIpc) is 2.89. The van der Waals surface area contributed by atoms with Crippen LogP contribution in [0, 0.1) is 12.1 Å². The maximum absolute atomic E-state index is 13.7. The Kier molecular flexibility index (Phi) is 2.48. The lowest BCUT2D eigenvalue weighted by Crippen LogP contribution is -2.23. The van der Waals surface area contributed by atoms with E-state index in [9.17, 15) is 4.39 Å². The summed E-state index contributed by atoms with van der Waals surface area (Å²) in [6.07, 6.45) is 5.94. The SMILES string of the molecule is Cc1nc2c(F)sc(Cn3cc[n+](C)c3)c2s1. The van der Waals surface area contributed by atoms with Gasteiger partial charge in [-0.1, -0.05) is 0 Å². The maximum atomic E-state index is 13.7. The summed E-state index contributed by atoms with van der Waals surface area (Å²) in [5.74, 6) is 0. The van der Waals surface area contributed by atoms with Gasteiger partial charge in [-0.05, 0) is 6.92 Å². The van der Waals surface area contributed by atoms with Crippen LogP contribution < -0.4 is 4.57 Å². The van der Waals surface area contributed by atoms with Crippen LogP contribution in [-0.4, -0.2) is 9.55 Å². The highest BCUT2D eigenvalue weighted by Gasteiger charge is 2.17. The molecule has 0 aliphatic rings. The minimum absolute atomic E-state index is 0.170. The van der Waals surface area contributed by atoms with Crippen LogP contribution in [0.25, 0.3) is 10.2 Å². The first-order valence-corrected chi connectivity index (χ1v) is 6.82. The highest BCUT2D eigenvalue weighted by molar-refractivity contribution is 7.23. The molecule has 0 amide bonds. The first-order chi connectivity index (χ1) is 8.13. The van der Waals surface area contributed by atoms with E-state index in [1.165, 1.54) is 11.3 Å². The summed E-state index contributed by atoms with van der Waals surface area (Å²) in [5, 5.41) is 0.747. The van der Waals surface area contributed by atoms with Gasteiger partial charge in [-0.2, -0.15) is 4.39 Å². The number of aromatic nitrogens is 3. The number of hydrogen-bond donors (Lipinski definition) is 0. The number of thiazole rings is 1. The Hall–Kier alpha value is -1.27. The molecule has 0 aliphatic carbocycles. The fourth-order valence-corrected chi connectivity index (χ4v) is 3.84. The van der Waals surface area contributed by atoms with Gasteiger partial charge in [-0.15, -0.1) is 22.7 Å². The molecule has 0 atom stereocenters. The second-order valence-corrected chi connectivity index (χ2v) is 6.22. The number of rotatable bonds is 2. The fraction of sp³-hybridized carbons (Fsp3) is 0.273. The van der Waals surface area contributed by atoms with Gasteiger partial charge in [0.2, 0.25) is 11.5 Å². The molecule has 3 nitrogen and oxygen atoms in total. The van der Waals surface area contributed by atoms with Crippen LogP contribution in [0.3, 0.4) is 0 Å². The van der Waals surface area contributed by atoms with Crippen molar-refractivity contribution < 1.29 is 8.96 Å². The van der Waals surface area contributed by atoms with Crippen molar-refractivity contribution in [1.82, 2.24) is 9.55 Å². The predicted molar refractivity (Wildman–Crippen MR) is 66.9 cm³/mol. The fourth-order valence-electron chi connectivity index (χ4n) is 1.82. The van der Waals surface area contributed by atoms with Gasteiger partial charge < -0.3 is 0 Å². The van der Waals surface area contributed by atoms with Crippen molar-refractivity contribution in [2.24, 2.45) is 7.05 Å². The summed E-state index contributed by atoms with van der Waals surface area (Å²) in [4.78, 5) is 5.26. The second-order valence-electron chi connectivity index (χ2n) is 3.96.